The number of ether oxygens (including phenoxy) is 1. The van der Waals surface area contributed by atoms with E-state index in [1.54, 1.807) is 37.4 Å². The number of Topliss-reactive ketones (excluding diaryl/α,β-unsaturated/α-hetero) is 1. The van der Waals surface area contributed by atoms with Gasteiger partial charge in [-0.15, -0.1) is 11.3 Å². The summed E-state index contributed by atoms with van der Waals surface area (Å²) in [6.07, 6.45) is 0. The Morgan fingerprint density at radius 1 is 1.12 bits per heavy atom. The fraction of sp³-hybridized carbons (Fsp3) is 0.231. The van der Waals surface area contributed by atoms with E-state index in [9.17, 15) is 19.8 Å². The van der Waals surface area contributed by atoms with Crippen LogP contribution in [0.1, 0.15) is 42.8 Å². The Balaban J connectivity index is 1.96. The molecule has 0 spiro atoms. The maximum atomic E-state index is 13.3. The van der Waals surface area contributed by atoms with E-state index >= 15 is 0 Å². The molecule has 4 rings (SSSR count). The van der Waals surface area contributed by atoms with Crippen molar-refractivity contribution >= 4 is 46.1 Å². The lowest BCUT2D eigenvalue weighted by Crippen LogP contribution is -2.29. The molecule has 1 saturated heterocycles. The largest absolute Gasteiger partial charge is 0.507 e. The third-order valence-corrected chi connectivity index (χ3v) is 6.89. The van der Waals surface area contributed by atoms with Gasteiger partial charge >= 0.3 is 0 Å². The number of anilines is 1. The van der Waals surface area contributed by atoms with E-state index in [0.29, 0.717) is 21.2 Å². The quantitative estimate of drug-likeness (QED) is 0.261. The number of nitrogens with zero attached hydrogens (tertiary/aromatic N) is 1. The topological polar surface area (TPSA) is 87.1 Å². The molecular formula is C26H24ClNO5S. The van der Waals surface area contributed by atoms with E-state index in [0.717, 1.165) is 5.56 Å². The van der Waals surface area contributed by atoms with E-state index in [4.69, 9.17) is 16.3 Å². The predicted molar refractivity (Wildman–Crippen MR) is 134 cm³/mol. The van der Waals surface area contributed by atoms with Crippen molar-refractivity contribution in [1.82, 2.24) is 0 Å². The smallest absolute Gasteiger partial charge is 0.300 e. The summed E-state index contributed by atoms with van der Waals surface area (Å²) in [4.78, 5) is 28.3. The number of methoxy groups -OCH3 is 1. The Morgan fingerprint density at radius 3 is 2.47 bits per heavy atom. The molecular weight excluding hydrogens is 474 g/mol. The number of halogens is 1. The van der Waals surface area contributed by atoms with Crippen LogP contribution in [0.4, 0.5) is 5.69 Å². The average molecular weight is 498 g/mol. The first-order valence-corrected chi connectivity index (χ1v) is 11.8. The number of thiophene rings is 1. The molecule has 0 aliphatic carbocycles. The minimum atomic E-state index is -0.926. The Labute approximate surface area is 206 Å². The SMILES string of the molecule is COc1ccc(/C(O)=C2/C(=O)C(=O)N(c3cc(Cl)ccc3O)C2c2cccs2)cc1C(C)(C)C. The number of hydrogen-bond acceptors (Lipinski definition) is 6. The van der Waals surface area contributed by atoms with Crippen LogP contribution in [0.3, 0.4) is 0 Å². The van der Waals surface area contributed by atoms with Gasteiger partial charge < -0.3 is 14.9 Å². The number of aliphatic hydroxyl groups excluding tert-OH is 1. The monoisotopic (exact) mass is 497 g/mol. The first-order valence-electron chi connectivity index (χ1n) is 10.6. The molecule has 0 radical (unpaired) electrons. The van der Waals surface area contributed by atoms with Crippen molar-refractivity contribution in [3.8, 4) is 11.5 Å². The minimum Gasteiger partial charge on any atom is -0.507 e. The summed E-state index contributed by atoms with van der Waals surface area (Å²) in [5.41, 5.74) is 0.969. The number of carbonyl (C=O) groups is 2. The van der Waals surface area contributed by atoms with Crippen molar-refractivity contribution in [1.29, 1.82) is 0 Å². The third kappa shape index (κ3) is 4.06. The molecule has 1 atom stereocenters. The Morgan fingerprint density at radius 2 is 1.85 bits per heavy atom. The van der Waals surface area contributed by atoms with E-state index in [1.165, 1.54) is 34.4 Å². The summed E-state index contributed by atoms with van der Waals surface area (Å²) < 4.78 is 5.48. The second-order valence-corrected chi connectivity index (χ2v) is 10.4. The van der Waals surface area contributed by atoms with Gasteiger partial charge in [0.25, 0.3) is 11.7 Å². The molecule has 6 nitrogen and oxygen atoms in total. The van der Waals surface area contributed by atoms with E-state index < -0.39 is 17.7 Å². The Kier molecular flexibility index (Phi) is 6.18. The summed E-state index contributed by atoms with van der Waals surface area (Å²) in [6.45, 7) is 6.05. The highest BCUT2D eigenvalue weighted by Gasteiger charge is 2.48. The second kappa shape index (κ2) is 8.81. The summed E-state index contributed by atoms with van der Waals surface area (Å²) in [6, 6.07) is 12.1. The number of hydrogen-bond donors (Lipinski definition) is 2. The van der Waals surface area contributed by atoms with Crippen molar-refractivity contribution in [2.24, 2.45) is 0 Å². The normalized spacial score (nSPS) is 17.9. The molecule has 1 amide bonds. The number of carbonyl (C=O) groups excluding carboxylic acids is 2. The number of ketones is 1. The zero-order valence-electron chi connectivity index (χ0n) is 19.1. The minimum absolute atomic E-state index is 0.0585. The van der Waals surface area contributed by atoms with Crippen molar-refractivity contribution in [3.63, 3.8) is 0 Å². The van der Waals surface area contributed by atoms with Gasteiger partial charge in [-0.2, -0.15) is 0 Å². The van der Waals surface area contributed by atoms with Gasteiger partial charge in [0.05, 0.1) is 18.4 Å². The molecule has 2 heterocycles. The number of amides is 1. The van der Waals surface area contributed by atoms with E-state index in [-0.39, 0.29) is 28.2 Å². The summed E-state index contributed by atoms with van der Waals surface area (Å²) in [7, 11) is 1.57. The number of phenolic OH excluding ortho intramolecular Hbond substituents is 1. The molecule has 0 bridgehead atoms. The van der Waals surface area contributed by atoms with Crippen molar-refractivity contribution in [3.05, 3.63) is 80.5 Å². The molecule has 8 heteroatoms. The summed E-state index contributed by atoms with van der Waals surface area (Å²) >= 11 is 7.47. The average Bonchev–Trinajstić information content (AvgIpc) is 3.41. The Bertz CT molecular complexity index is 1310. The van der Waals surface area contributed by atoms with Crippen LogP contribution in [-0.4, -0.2) is 29.0 Å². The molecule has 1 aliphatic rings. The van der Waals surface area contributed by atoms with Gasteiger partial charge in [0.15, 0.2) is 0 Å². The maximum absolute atomic E-state index is 13.3. The van der Waals surface area contributed by atoms with Crippen molar-refractivity contribution in [2.75, 3.05) is 12.0 Å². The molecule has 1 fully saturated rings. The van der Waals surface area contributed by atoms with Crippen LogP contribution in [0.15, 0.2) is 59.5 Å². The van der Waals surface area contributed by atoms with Crippen LogP contribution in [0.2, 0.25) is 5.02 Å². The molecule has 2 N–H and O–H groups in total. The zero-order valence-corrected chi connectivity index (χ0v) is 20.7. The number of benzene rings is 2. The van der Waals surface area contributed by atoms with Gasteiger partial charge in [-0.1, -0.05) is 38.4 Å². The lowest BCUT2D eigenvalue weighted by molar-refractivity contribution is -0.132. The second-order valence-electron chi connectivity index (χ2n) is 8.98. The fourth-order valence-corrected chi connectivity index (χ4v) is 5.07. The first kappa shape index (κ1) is 23.9. The predicted octanol–water partition coefficient (Wildman–Crippen LogP) is 6.04. The van der Waals surface area contributed by atoms with E-state index in [1.807, 2.05) is 26.2 Å². The number of phenols is 1. The van der Waals surface area contributed by atoms with Gasteiger partial charge in [0.2, 0.25) is 0 Å². The lowest BCUT2D eigenvalue weighted by atomic mass is 9.84. The summed E-state index contributed by atoms with van der Waals surface area (Å²) in [5.74, 6) is -1.55. The highest BCUT2D eigenvalue weighted by atomic mass is 35.5. The molecule has 176 valence electrons. The van der Waals surface area contributed by atoms with Gasteiger partial charge in [0, 0.05) is 21.0 Å². The highest BCUT2D eigenvalue weighted by molar-refractivity contribution is 7.10. The van der Waals surface area contributed by atoms with Crippen LogP contribution in [0.25, 0.3) is 5.76 Å². The van der Waals surface area contributed by atoms with Crippen molar-refractivity contribution in [2.45, 2.75) is 32.2 Å². The van der Waals surface area contributed by atoms with Crippen LogP contribution in [0, 0.1) is 0 Å². The lowest BCUT2D eigenvalue weighted by Gasteiger charge is -2.25. The summed E-state index contributed by atoms with van der Waals surface area (Å²) in [5, 5.41) is 24.0. The van der Waals surface area contributed by atoms with E-state index in [2.05, 4.69) is 0 Å². The first-order chi connectivity index (χ1) is 16.0. The Hall–Kier alpha value is -3.29. The molecule has 3 aromatic rings. The van der Waals surface area contributed by atoms with Gasteiger partial charge in [0.1, 0.15) is 23.3 Å². The van der Waals surface area contributed by atoms with Crippen LogP contribution in [0.5, 0.6) is 11.5 Å². The van der Waals surface area contributed by atoms with Gasteiger partial charge in [-0.25, -0.2) is 0 Å². The zero-order chi connectivity index (χ0) is 24.8. The highest BCUT2D eigenvalue weighted by Crippen LogP contribution is 2.47. The number of aromatic hydroxyl groups is 1. The molecule has 1 aromatic heterocycles. The molecule has 1 aliphatic heterocycles. The fourth-order valence-electron chi connectivity index (χ4n) is 4.08. The van der Waals surface area contributed by atoms with Gasteiger partial charge in [-0.05, 0) is 53.3 Å². The molecule has 2 aromatic carbocycles. The number of aliphatic hydroxyl groups is 1. The van der Waals surface area contributed by atoms with Gasteiger partial charge in [-0.3, -0.25) is 14.5 Å². The number of rotatable bonds is 4. The standard InChI is InChI=1S/C26H24ClNO5S/c1-26(2,3)16-12-14(7-10-19(16)33-4)23(30)21-22(20-6-5-11-34-20)28(25(32)24(21)31)17-13-15(27)8-9-18(17)29/h5-13,22,29-30H,1-4H3/b23-21-. The van der Waals surface area contributed by atoms with Crippen LogP contribution >= 0.6 is 22.9 Å². The maximum Gasteiger partial charge on any atom is 0.300 e. The molecule has 0 saturated carbocycles. The van der Waals surface area contributed by atoms with Crippen molar-refractivity contribution < 1.29 is 24.5 Å². The molecule has 34 heavy (non-hydrogen) atoms. The van der Waals surface area contributed by atoms with Crippen LogP contribution < -0.4 is 9.64 Å². The third-order valence-electron chi connectivity index (χ3n) is 5.74. The molecule has 1 unspecified atom stereocenters. The van der Waals surface area contributed by atoms with Crippen LogP contribution in [-0.2, 0) is 15.0 Å².